The zero-order chi connectivity index (χ0) is 16.3. The molecule has 122 valence electrons. The standard InChI is InChI=1S/C19H19N3O2/c1-21-8-12-10-22(11-13(12)9-21)14-4-5-17-16(7-14)18(23)15-3-2-6-20-19(15)24-17/h2-7,12-13H,8-11H2,1H3. The van der Waals surface area contributed by atoms with Crippen molar-refractivity contribution in [3.8, 4) is 0 Å². The van der Waals surface area contributed by atoms with Crippen LogP contribution in [0.2, 0.25) is 0 Å². The van der Waals surface area contributed by atoms with E-state index in [2.05, 4.69) is 27.9 Å². The molecule has 2 aliphatic heterocycles. The lowest BCUT2D eigenvalue weighted by Gasteiger charge is -2.21. The highest BCUT2D eigenvalue weighted by atomic mass is 16.3. The summed E-state index contributed by atoms with van der Waals surface area (Å²) in [5, 5.41) is 1.18. The maximum Gasteiger partial charge on any atom is 0.230 e. The number of benzene rings is 1. The normalized spacial score (nSPS) is 24.1. The first-order valence-corrected chi connectivity index (χ1v) is 8.44. The molecule has 3 aromatic rings. The molecule has 0 radical (unpaired) electrons. The molecular formula is C19H19N3O2. The molecule has 2 aromatic heterocycles. The molecule has 0 aliphatic carbocycles. The van der Waals surface area contributed by atoms with Crippen LogP contribution >= 0.6 is 0 Å². The molecule has 2 aliphatic rings. The summed E-state index contributed by atoms with van der Waals surface area (Å²) in [6.45, 7) is 4.49. The van der Waals surface area contributed by atoms with Gasteiger partial charge in [-0.2, -0.15) is 0 Å². The molecule has 0 spiro atoms. The molecule has 2 saturated heterocycles. The Balaban J connectivity index is 1.58. The van der Waals surface area contributed by atoms with Crippen molar-refractivity contribution >= 4 is 27.8 Å². The first-order valence-electron chi connectivity index (χ1n) is 8.44. The zero-order valence-corrected chi connectivity index (χ0v) is 13.6. The van der Waals surface area contributed by atoms with E-state index in [-0.39, 0.29) is 5.43 Å². The van der Waals surface area contributed by atoms with Gasteiger partial charge in [-0.1, -0.05) is 0 Å². The lowest BCUT2D eigenvalue weighted by atomic mass is 10.0. The number of likely N-dealkylation sites (tertiary alicyclic amines) is 1. The van der Waals surface area contributed by atoms with Gasteiger partial charge < -0.3 is 14.2 Å². The highest BCUT2D eigenvalue weighted by Crippen LogP contribution is 2.34. The van der Waals surface area contributed by atoms with Crippen molar-refractivity contribution in [1.82, 2.24) is 9.88 Å². The first kappa shape index (κ1) is 14.0. The molecule has 5 rings (SSSR count). The Morgan fingerprint density at radius 2 is 1.88 bits per heavy atom. The second kappa shape index (κ2) is 5.05. The Hall–Kier alpha value is -2.40. The fourth-order valence-corrected chi connectivity index (χ4v) is 4.31. The quantitative estimate of drug-likeness (QED) is 0.644. The second-order valence-electron chi connectivity index (χ2n) is 7.11. The van der Waals surface area contributed by atoms with Crippen molar-refractivity contribution in [2.75, 3.05) is 38.1 Å². The summed E-state index contributed by atoms with van der Waals surface area (Å²) in [4.78, 5) is 21.8. The van der Waals surface area contributed by atoms with E-state index in [1.807, 2.05) is 12.1 Å². The van der Waals surface area contributed by atoms with Gasteiger partial charge in [-0.25, -0.2) is 4.98 Å². The Morgan fingerprint density at radius 1 is 1.08 bits per heavy atom. The Labute approximate surface area is 139 Å². The monoisotopic (exact) mass is 321 g/mol. The number of fused-ring (bicyclic) bond motifs is 3. The van der Waals surface area contributed by atoms with Gasteiger partial charge in [-0.3, -0.25) is 4.79 Å². The van der Waals surface area contributed by atoms with Crippen molar-refractivity contribution in [1.29, 1.82) is 0 Å². The van der Waals surface area contributed by atoms with E-state index in [9.17, 15) is 4.79 Å². The summed E-state index contributed by atoms with van der Waals surface area (Å²) in [5.74, 6) is 1.48. The molecule has 4 heterocycles. The smallest absolute Gasteiger partial charge is 0.230 e. The van der Waals surface area contributed by atoms with Gasteiger partial charge in [0.05, 0.1) is 10.8 Å². The highest BCUT2D eigenvalue weighted by Gasteiger charge is 2.38. The van der Waals surface area contributed by atoms with Gasteiger partial charge in [-0.05, 0) is 49.2 Å². The number of hydrogen-bond donors (Lipinski definition) is 0. The van der Waals surface area contributed by atoms with Crippen LogP contribution in [0.4, 0.5) is 5.69 Å². The molecular weight excluding hydrogens is 302 g/mol. The van der Waals surface area contributed by atoms with Crippen LogP contribution in [0, 0.1) is 11.8 Å². The van der Waals surface area contributed by atoms with E-state index in [1.54, 1.807) is 18.3 Å². The number of pyridine rings is 1. The maximum absolute atomic E-state index is 12.8. The first-order chi connectivity index (χ1) is 11.7. The van der Waals surface area contributed by atoms with E-state index in [1.165, 1.54) is 13.1 Å². The number of anilines is 1. The van der Waals surface area contributed by atoms with Crippen molar-refractivity contribution in [3.63, 3.8) is 0 Å². The van der Waals surface area contributed by atoms with Crippen LogP contribution in [0.1, 0.15) is 0 Å². The molecule has 0 amide bonds. The summed E-state index contributed by atoms with van der Waals surface area (Å²) >= 11 is 0. The van der Waals surface area contributed by atoms with E-state index in [0.717, 1.165) is 30.6 Å². The van der Waals surface area contributed by atoms with Crippen LogP contribution in [0.5, 0.6) is 0 Å². The van der Waals surface area contributed by atoms with Gasteiger partial charge in [0, 0.05) is 38.1 Å². The predicted octanol–water partition coefficient (Wildman–Crippen LogP) is 2.34. The van der Waals surface area contributed by atoms with Gasteiger partial charge >= 0.3 is 0 Å². The number of rotatable bonds is 1. The van der Waals surface area contributed by atoms with Crippen LogP contribution in [-0.4, -0.2) is 43.1 Å². The van der Waals surface area contributed by atoms with Crippen molar-refractivity contribution < 1.29 is 4.42 Å². The lowest BCUT2D eigenvalue weighted by Crippen LogP contribution is -2.26. The Morgan fingerprint density at radius 3 is 2.67 bits per heavy atom. The third kappa shape index (κ3) is 2.04. The largest absolute Gasteiger partial charge is 0.437 e. The van der Waals surface area contributed by atoms with Crippen LogP contribution in [0.3, 0.4) is 0 Å². The summed E-state index contributed by atoms with van der Waals surface area (Å²) < 4.78 is 5.80. The van der Waals surface area contributed by atoms with Gasteiger partial charge in [0.25, 0.3) is 0 Å². The lowest BCUT2D eigenvalue weighted by molar-refractivity contribution is 0.387. The molecule has 5 nitrogen and oxygen atoms in total. The van der Waals surface area contributed by atoms with Crippen LogP contribution in [-0.2, 0) is 0 Å². The fourth-order valence-electron chi connectivity index (χ4n) is 4.31. The second-order valence-corrected chi connectivity index (χ2v) is 7.11. The topological polar surface area (TPSA) is 49.6 Å². The van der Waals surface area contributed by atoms with Gasteiger partial charge in [0.2, 0.25) is 11.1 Å². The average Bonchev–Trinajstić information content (AvgIpc) is 3.12. The van der Waals surface area contributed by atoms with Crippen LogP contribution in [0.25, 0.3) is 22.1 Å². The Bertz CT molecular complexity index is 983. The average molecular weight is 321 g/mol. The molecule has 0 saturated carbocycles. The minimum atomic E-state index is 0.000300. The Kier molecular flexibility index (Phi) is 2.94. The van der Waals surface area contributed by atoms with Gasteiger partial charge in [0.15, 0.2) is 0 Å². The summed E-state index contributed by atoms with van der Waals surface area (Å²) in [6.07, 6.45) is 1.64. The van der Waals surface area contributed by atoms with E-state index in [0.29, 0.717) is 22.1 Å². The number of aromatic nitrogens is 1. The molecule has 0 N–H and O–H groups in total. The number of nitrogens with zero attached hydrogens (tertiary/aromatic N) is 3. The fraction of sp³-hybridized carbons (Fsp3) is 0.368. The van der Waals surface area contributed by atoms with Crippen molar-refractivity contribution in [2.45, 2.75) is 0 Å². The van der Waals surface area contributed by atoms with Crippen LogP contribution < -0.4 is 10.3 Å². The van der Waals surface area contributed by atoms with Gasteiger partial charge in [0.1, 0.15) is 5.58 Å². The molecule has 2 unspecified atom stereocenters. The molecule has 24 heavy (non-hydrogen) atoms. The van der Waals surface area contributed by atoms with Gasteiger partial charge in [-0.15, -0.1) is 0 Å². The molecule has 0 bridgehead atoms. The third-order valence-corrected chi connectivity index (χ3v) is 5.46. The molecule has 1 aromatic carbocycles. The minimum Gasteiger partial charge on any atom is -0.437 e. The SMILES string of the molecule is CN1CC2CN(c3ccc4oc5ncccc5c(=O)c4c3)CC2C1. The molecule has 2 atom stereocenters. The minimum absolute atomic E-state index is 0.000300. The van der Waals surface area contributed by atoms with Crippen molar-refractivity contribution in [2.24, 2.45) is 11.8 Å². The predicted molar refractivity (Wildman–Crippen MR) is 94.5 cm³/mol. The maximum atomic E-state index is 12.8. The zero-order valence-electron chi connectivity index (χ0n) is 13.6. The summed E-state index contributed by atoms with van der Waals surface area (Å²) in [6, 6.07) is 9.49. The third-order valence-electron chi connectivity index (χ3n) is 5.46. The number of hydrogen-bond acceptors (Lipinski definition) is 5. The van der Waals surface area contributed by atoms with Crippen LogP contribution in [0.15, 0.2) is 45.7 Å². The summed E-state index contributed by atoms with van der Waals surface area (Å²) in [5.41, 5.74) is 2.13. The highest BCUT2D eigenvalue weighted by molar-refractivity contribution is 5.89. The summed E-state index contributed by atoms with van der Waals surface area (Å²) in [7, 11) is 2.20. The molecule has 5 heteroatoms. The van der Waals surface area contributed by atoms with E-state index >= 15 is 0 Å². The molecule has 2 fully saturated rings. The van der Waals surface area contributed by atoms with E-state index < -0.39 is 0 Å². The van der Waals surface area contributed by atoms with E-state index in [4.69, 9.17) is 4.42 Å². The van der Waals surface area contributed by atoms with Crippen molar-refractivity contribution in [3.05, 3.63) is 46.8 Å².